The molecule has 1 aromatic carbocycles. The minimum atomic E-state index is -0.864. The van der Waals surface area contributed by atoms with Crippen molar-refractivity contribution in [1.82, 2.24) is 9.55 Å². The van der Waals surface area contributed by atoms with Crippen molar-refractivity contribution in [1.29, 1.82) is 0 Å². The van der Waals surface area contributed by atoms with Crippen LogP contribution in [0.25, 0.3) is 11.0 Å². The van der Waals surface area contributed by atoms with Gasteiger partial charge in [0, 0.05) is 11.6 Å². The first-order valence-electron chi connectivity index (χ1n) is 5.62. The number of hydrogen-bond donors (Lipinski definition) is 1. The van der Waals surface area contributed by atoms with Crippen LogP contribution in [0.4, 0.5) is 0 Å². The summed E-state index contributed by atoms with van der Waals surface area (Å²) >= 11 is 7.20. The number of thioether (sulfide) groups is 1. The number of fused-ring (bicyclic) bond motifs is 1. The molecule has 0 radical (unpaired) electrons. The fourth-order valence-corrected chi connectivity index (χ4v) is 2.63. The normalized spacial score (nSPS) is 10.8. The van der Waals surface area contributed by atoms with Gasteiger partial charge in [-0.1, -0.05) is 35.5 Å². The number of aromatic nitrogens is 2. The average molecular weight is 297 g/mol. The number of hydrogen-bond acceptors (Lipinski definition) is 3. The highest BCUT2D eigenvalue weighted by atomic mass is 35.5. The number of carboxylic acid groups (broad SMARTS) is 1. The molecule has 0 unspecified atom stereocenters. The number of benzene rings is 1. The van der Waals surface area contributed by atoms with E-state index in [1.165, 1.54) is 11.8 Å². The number of nitrogens with zero attached hydrogens (tertiary/aromatic N) is 2. The summed E-state index contributed by atoms with van der Waals surface area (Å²) < 4.78 is 1.94. The smallest absolute Gasteiger partial charge is 0.313 e. The number of allylic oxidation sites excluding steroid dienone is 1. The van der Waals surface area contributed by atoms with Crippen molar-refractivity contribution in [2.24, 2.45) is 0 Å². The summed E-state index contributed by atoms with van der Waals surface area (Å²) in [6.45, 7) is 6.40. The second-order valence-corrected chi connectivity index (χ2v) is 5.63. The first-order valence-corrected chi connectivity index (χ1v) is 6.98. The molecule has 0 aliphatic rings. The number of carboxylic acids is 1. The molecule has 0 saturated heterocycles. The second-order valence-electron chi connectivity index (χ2n) is 4.25. The zero-order valence-electron chi connectivity index (χ0n) is 10.4. The van der Waals surface area contributed by atoms with Gasteiger partial charge in [0.05, 0.1) is 16.8 Å². The lowest BCUT2D eigenvalue weighted by Crippen LogP contribution is -2.04. The van der Waals surface area contributed by atoms with Crippen LogP contribution >= 0.6 is 23.4 Å². The lowest BCUT2D eigenvalue weighted by Gasteiger charge is -2.07. The van der Waals surface area contributed by atoms with Crippen LogP contribution in [0, 0.1) is 0 Å². The first-order chi connectivity index (χ1) is 8.97. The number of halogens is 1. The summed E-state index contributed by atoms with van der Waals surface area (Å²) in [5, 5.41) is 10.1. The van der Waals surface area contributed by atoms with E-state index in [1.807, 2.05) is 23.6 Å². The monoisotopic (exact) mass is 296 g/mol. The van der Waals surface area contributed by atoms with E-state index in [2.05, 4.69) is 11.6 Å². The van der Waals surface area contributed by atoms with Gasteiger partial charge in [0.2, 0.25) is 0 Å². The molecule has 0 fully saturated rings. The van der Waals surface area contributed by atoms with Crippen molar-refractivity contribution in [2.45, 2.75) is 18.6 Å². The Morgan fingerprint density at radius 3 is 2.95 bits per heavy atom. The van der Waals surface area contributed by atoms with Gasteiger partial charge in [0.25, 0.3) is 0 Å². The van der Waals surface area contributed by atoms with E-state index in [4.69, 9.17) is 16.7 Å². The standard InChI is InChI=1S/C13H13ClN2O2S/c1-8(2)6-16-11-5-9(14)3-4-10(11)15-13(16)19-7-12(17)18/h3-5H,1,6-7H2,2H3,(H,17,18). The average Bonchev–Trinajstić information content (AvgIpc) is 2.64. The Labute approximate surface area is 120 Å². The Morgan fingerprint density at radius 2 is 2.32 bits per heavy atom. The van der Waals surface area contributed by atoms with Crippen LogP contribution in [0.5, 0.6) is 0 Å². The maximum atomic E-state index is 10.7. The number of aliphatic carboxylic acids is 1. The zero-order chi connectivity index (χ0) is 14.0. The number of imidazole rings is 1. The van der Waals surface area contributed by atoms with Crippen molar-refractivity contribution in [3.8, 4) is 0 Å². The Morgan fingerprint density at radius 1 is 1.58 bits per heavy atom. The summed E-state index contributed by atoms with van der Waals surface area (Å²) in [7, 11) is 0. The molecule has 6 heteroatoms. The van der Waals surface area contributed by atoms with Crippen molar-refractivity contribution in [3.63, 3.8) is 0 Å². The fourth-order valence-electron chi connectivity index (χ4n) is 1.73. The zero-order valence-corrected chi connectivity index (χ0v) is 12.0. The molecular formula is C13H13ClN2O2S. The van der Waals surface area contributed by atoms with Crippen molar-refractivity contribution in [2.75, 3.05) is 5.75 Å². The van der Waals surface area contributed by atoms with Crippen LogP contribution < -0.4 is 0 Å². The van der Waals surface area contributed by atoms with E-state index in [0.29, 0.717) is 16.7 Å². The molecule has 4 nitrogen and oxygen atoms in total. The lowest BCUT2D eigenvalue weighted by molar-refractivity contribution is -0.133. The molecule has 2 aromatic rings. The minimum Gasteiger partial charge on any atom is -0.481 e. The summed E-state index contributed by atoms with van der Waals surface area (Å²) in [5.41, 5.74) is 2.67. The maximum Gasteiger partial charge on any atom is 0.313 e. The van der Waals surface area contributed by atoms with Crippen LogP contribution in [0.3, 0.4) is 0 Å². The third-order valence-electron chi connectivity index (χ3n) is 2.43. The Balaban J connectivity index is 2.48. The van der Waals surface area contributed by atoms with E-state index in [0.717, 1.165) is 16.6 Å². The van der Waals surface area contributed by atoms with Crippen LogP contribution in [0.2, 0.25) is 5.02 Å². The van der Waals surface area contributed by atoms with Gasteiger partial charge in [-0.05, 0) is 25.1 Å². The van der Waals surface area contributed by atoms with Crippen LogP contribution in [0.15, 0.2) is 35.5 Å². The third kappa shape index (κ3) is 3.30. The van der Waals surface area contributed by atoms with Crippen LogP contribution in [-0.2, 0) is 11.3 Å². The molecule has 1 N–H and O–H groups in total. The summed E-state index contributed by atoms with van der Waals surface area (Å²) in [6, 6.07) is 5.43. The van der Waals surface area contributed by atoms with Gasteiger partial charge in [-0.2, -0.15) is 0 Å². The molecular weight excluding hydrogens is 284 g/mol. The highest BCUT2D eigenvalue weighted by Crippen LogP contribution is 2.27. The summed E-state index contributed by atoms with van der Waals surface area (Å²) in [4.78, 5) is 15.1. The predicted octanol–water partition coefficient (Wildman–Crippen LogP) is 3.44. The molecule has 0 atom stereocenters. The third-order valence-corrected chi connectivity index (χ3v) is 3.62. The maximum absolute atomic E-state index is 10.7. The second kappa shape index (κ2) is 5.67. The van der Waals surface area contributed by atoms with Gasteiger partial charge in [0.15, 0.2) is 5.16 Å². The molecule has 100 valence electrons. The van der Waals surface area contributed by atoms with Gasteiger partial charge < -0.3 is 9.67 Å². The van der Waals surface area contributed by atoms with Crippen LogP contribution in [0.1, 0.15) is 6.92 Å². The molecule has 0 aliphatic heterocycles. The summed E-state index contributed by atoms with van der Waals surface area (Å²) in [6.07, 6.45) is 0. The predicted molar refractivity (Wildman–Crippen MR) is 77.9 cm³/mol. The van der Waals surface area contributed by atoms with Gasteiger partial charge in [-0.3, -0.25) is 4.79 Å². The molecule has 19 heavy (non-hydrogen) atoms. The largest absolute Gasteiger partial charge is 0.481 e. The van der Waals surface area contributed by atoms with E-state index in [9.17, 15) is 4.79 Å². The Kier molecular flexibility index (Phi) is 4.17. The quantitative estimate of drug-likeness (QED) is 0.678. The van der Waals surface area contributed by atoms with Gasteiger partial charge >= 0.3 is 5.97 Å². The molecule has 0 spiro atoms. The van der Waals surface area contributed by atoms with Gasteiger partial charge in [-0.25, -0.2) is 4.98 Å². The van der Waals surface area contributed by atoms with E-state index < -0.39 is 5.97 Å². The van der Waals surface area contributed by atoms with E-state index >= 15 is 0 Å². The van der Waals surface area contributed by atoms with Crippen LogP contribution in [-0.4, -0.2) is 26.4 Å². The number of rotatable bonds is 5. The van der Waals surface area contributed by atoms with Crippen molar-refractivity contribution >= 4 is 40.4 Å². The van der Waals surface area contributed by atoms with Gasteiger partial charge in [0.1, 0.15) is 0 Å². The van der Waals surface area contributed by atoms with Crippen molar-refractivity contribution < 1.29 is 9.90 Å². The Hall–Kier alpha value is -1.46. The molecule has 0 bridgehead atoms. The molecule has 1 aromatic heterocycles. The molecule has 0 amide bonds. The molecule has 0 saturated carbocycles. The minimum absolute atomic E-state index is 0.0206. The van der Waals surface area contributed by atoms with Gasteiger partial charge in [-0.15, -0.1) is 0 Å². The SMILES string of the molecule is C=C(C)Cn1c(SCC(=O)O)nc2ccc(Cl)cc21. The highest BCUT2D eigenvalue weighted by molar-refractivity contribution is 7.99. The first kappa shape index (κ1) is 14.0. The van der Waals surface area contributed by atoms with E-state index in [1.54, 1.807) is 6.07 Å². The molecule has 1 heterocycles. The highest BCUT2D eigenvalue weighted by Gasteiger charge is 2.13. The lowest BCUT2D eigenvalue weighted by atomic mass is 10.3. The Bertz CT molecular complexity index is 651. The fraction of sp³-hybridized carbons (Fsp3) is 0.231. The summed E-state index contributed by atoms with van der Waals surface area (Å²) in [5.74, 6) is -0.885. The topological polar surface area (TPSA) is 55.1 Å². The molecule has 0 aliphatic carbocycles. The number of carbonyl (C=O) groups is 1. The molecule has 2 rings (SSSR count). The van der Waals surface area contributed by atoms with Crippen molar-refractivity contribution in [3.05, 3.63) is 35.4 Å². The van der Waals surface area contributed by atoms with E-state index in [-0.39, 0.29) is 5.75 Å².